The van der Waals surface area contributed by atoms with E-state index in [1.54, 1.807) is 43.5 Å². The van der Waals surface area contributed by atoms with Gasteiger partial charge in [0, 0.05) is 25.8 Å². The minimum Gasteiger partial charge on any atom is -0.385 e. The van der Waals surface area contributed by atoms with Crippen LogP contribution in [0.25, 0.3) is 6.08 Å². The van der Waals surface area contributed by atoms with Crippen LogP contribution in [-0.2, 0) is 19.6 Å². The molecule has 0 unspecified atom stereocenters. The van der Waals surface area contributed by atoms with E-state index >= 15 is 0 Å². The van der Waals surface area contributed by atoms with Gasteiger partial charge < -0.3 is 4.74 Å². The van der Waals surface area contributed by atoms with Gasteiger partial charge in [-0.1, -0.05) is 36.4 Å². The van der Waals surface area contributed by atoms with Crippen molar-refractivity contribution in [1.82, 2.24) is 4.90 Å². The molecule has 2 aromatic carbocycles. The van der Waals surface area contributed by atoms with Gasteiger partial charge in [0.15, 0.2) is 5.17 Å². The Morgan fingerprint density at radius 1 is 1.14 bits per heavy atom. The van der Waals surface area contributed by atoms with Crippen molar-refractivity contribution in [1.29, 1.82) is 0 Å². The Morgan fingerprint density at radius 3 is 2.52 bits per heavy atom. The molecule has 0 radical (unpaired) electrons. The second kappa shape index (κ2) is 9.34. The molecule has 0 saturated carbocycles. The number of sulfonamides is 1. The first-order valence-electron chi connectivity index (χ1n) is 8.77. The lowest BCUT2D eigenvalue weighted by molar-refractivity contribution is -0.122. The average molecular weight is 435 g/mol. The van der Waals surface area contributed by atoms with Crippen LogP contribution in [0.4, 0.5) is 4.39 Å². The molecule has 1 saturated heterocycles. The first-order valence-corrected chi connectivity index (χ1v) is 11.0. The fraction of sp³-hybridized carbons (Fsp3) is 0.200. The minimum atomic E-state index is -3.99. The number of rotatable bonds is 7. The molecule has 29 heavy (non-hydrogen) atoms. The van der Waals surface area contributed by atoms with Gasteiger partial charge in [0.1, 0.15) is 5.82 Å². The average Bonchev–Trinajstić information content (AvgIpc) is 2.99. The molecule has 0 bridgehead atoms. The van der Waals surface area contributed by atoms with E-state index < -0.39 is 21.7 Å². The van der Waals surface area contributed by atoms with Crippen LogP contribution < -0.4 is 0 Å². The predicted octanol–water partition coefficient (Wildman–Crippen LogP) is 3.52. The van der Waals surface area contributed by atoms with E-state index in [4.69, 9.17) is 4.74 Å². The zero-order valence-electron chi connectivity index (χ0n) is 15.6. The molecule has 1 aliphatic rings. The van der Waals surface area contributed by atoms with Gasteiger partial charge in [0.25, 0.3) is 15.9 Å². The van der Waals surface area contributed by atoms with Crippen molar-refractivity contribution in [3.63, 3.8) is 0 Å². The number of carbonyl (C=O) groups excluding carboxylic acids is 1. The zero-order chi connectivity index (χ0) is 20.9. The summed E-state index contributed by atoms with van der Waals surface area (Å²) < 4.78 is 48.2. The normalized spacial score (nSPS) is 17.4. The Labute approximate surface area is 173 Å². The summed E-state index contributed by atoms with van der Waals surface area (Å²) in [6.07, 6.45) is 1.91. The number of amidine groups is 1. The van der Waals surface area contributed by atoms with Crippen molar-refractivity contribution in [3.8, 4) is 0 Å². The molecular weight excluding hydrogens is 415 g/mol. The number of nitrogens with zero attached hydrogens (tertiary/aromatic N) is 2. The highest BCUT2D eigenvalue weighted by molar-refractivity contribution is 8.19. The molecule has 0 spiro atoms. The molecule has 1 heterocycles. The number of hydrogen-bond acceptors (Lipinski definition) is 5. The number of methoxy groups -OCH3 is 1. The number of thioether (sulfide) groups is 1. The molecule has 0 aromatic heterocycles. The third-order valence-corrected chi connectivity index (χ3v) is 6.45. The molecule has 0 aliphatic carbocycles. The van der Waals surface area contributed by atoms with Gasteiger partial charge in [-0.25, -0.2) is 4.39 Å². The SMILES string of the molecule is COCCCN1C(=O)/C(=C/c2ccccc2F)SC1=NS(=O)(=O)c1ccccc1. The van der Waals surface area contributed by atoms with E-state index in [1.807, 2.05) is 0 Å². The second-order valence-electron chi connectivity index (χ2n) is 6.10. The molecule has 3 rings (SSSR count). The maximum Gasteiger partial charge on any atom is 0.284 e. The lowest BCUT2D eigenvalue weighted by Gasteiger charge is -2.15. The highest BCUT2D eigenvalue weighted by Crippen LogP contribution is 2.34. The van der Waals surface area contributed by atoms with E-state index in [9.17, 15) is 17.6 Å². The van der Waals surface area contributed by atoms with Crippen LogP contribution in [0, 0.1) is 5.82 Å². The summed E-state index contributed by atoms with van der Waals surface area (Å²) in [5.41, 5.74) is 0.243. The summed E-state index contributed by atoms with van der Waals surface area (Å²) in [7, 11) is -2.45. The first kappa shape index (κ1) is 21.2. The topological polar surface area (TPSA) is 76.0 Å². The maximum absolute atomic E-state index is 14.0. The largest absolute Gasteiger partial charge is 0.385 e. The summed E-state index contributed by atoms with van der Waals surface area (Å²) in [4.78, 5) is 14.4. The van der Waals surface area contributed by atoms with Crippen LogP contribution in [0.2, 0.25) is 0 Å². The highest BCUT2D eigenvalue weighted by Gasteiger charge is 2.34. The van der Waals surface area contributed by atoms with Crippen LogP contribution in [0.1, 0.15) is 12.0 Å². The fourth-order valence-corrected chi connectivity index (χ4v) is 4.84. The smallest absolute Gasteiger partial charge is 0.284 e. The van der Waals surface area contributed by atoms with Gasteiger partial charge in [-0.15, -0.1) is 4.40 Å². The van der Waals surface area contributed by atoms with Gasteiger partial charge in [0.05, 0.1) is 9.80 Å². The van der Waals surface area contributed by atoms with Crippen LogP contribution in [0.5, 0.6) is 0 Å². The number of amides is 1. The molecule has 2 aromatic rings. The van der Waals surface area contributed by atoms with Crippen molar-refractivity contribution in [2.75, 3.05) is 20.3 Å². The van der Waals surface area contributed by atoms with Crippen molar-refractivity contribution in [3.05, 3.63) is 70.9 Å². The quantitative estimate of drug-likeness (QED) is 0.492. The van der Waals surface area contributed by atoms with Gasteiger partial charge >= 0.3 is 0 Å². The lowest BCUT2D eigenvalue weighted by Crippen LogP contribution is -2.31. The zero-order valence-corrected chi connectivity index (χ0v) is 17.2. The molecule has 1 fully saturated rings. The summed E-state index contributed by atoms with van der Waals surface area (Å²) >= 11 is 0.911. The van der Waals surface area contributed by atoms with E-state index in [0.717, 1.165) is 11.8 Å². The van der Waals surface area contributed by atoms with Gasteiger partial charge in [0.2, 0.25) is 0 Å². The van der Waals surface area contributed by atoms with E-state index in [1.165, 1.54) is 29.2 Å². The third-order valence-electron chi connectivity index (χ3n) is 4.05. The van der Waals surface area contributed by atoms with Gasteiger partial charge in [-0.2, -0.15) is 8.42 Å². The van der Waals surface area contributed by atoms with Crippen LogP contribution in [-0.4, -0.2) is 44.7 Å². The Morgan fingerprint density at radius 2 is 1.83 bits per heavy atom. The molecule has 152 valence electrons. The molecule has 0 atom stereocenters. The number of benzene rings is 2. The Hall–Kier alpha value is -2.49. The van der Waals surface area contributed by atoms with Crippen molar-refractivity contribution in [2.24, 2.45) is 4.40 Å². The van der Waals surface area contributed by atoms with E-state index in [-0.39, 0.29) is 27.1 Å². The highest BCUT2D eigenvalue weighted by atomic mass is 32.2. The minimum absolute atomic E-state index is 0.0314. The number of carbonyl (C=O) groups is 1. The second-order valence-corrected chi connectivity index (χ2v) is 8.71. The summed E-state index contributed by atoms with van der Waals surface area (Å²) in [5.74, 6) is -0.891. The van der Waals surface area contributed by atoms with Gasteiger partial charge in [-0.05, 0) is 42.5 Å². The lowest BCUT2D eigenvalue weighted by atomic mass is 10.2. The summed E-state index contributed by atoms with van der Waals surface area (Å²) in [6, 6.07) is 13.8. The molecule has 1 amide bonds. The van der Waals surface area contributed by atoms with Gasteiger partial charge in [-0.3, -0.25) is 9.69 Å². The van der Waals surface area contributed by atoms with Crippen LogP contribution in [0.3, 0.4) is 0 Å². The fourth-order valence-electron chi connectivity index (χ4n) is 2.62. The number of ether oxygens (including phenoxy) is 1. The maximum atomic E-state index is 14.0. The molecular formula is C20H19FN2O4S2. The van der Waals surface area contributed by atoms with Crippen LogP contribution in [0.15, 0.2) is 68.8 Å². The molecule has 6 nitrogen and oxygen atoms in total. The Kier molecular flexibility index (Phi) is 6.83. The third kappa shape index (κ3) is 5.11. The van der Waals surface area contributed by atoms with Crippen molar-refractivity contribution >= 4 is 38.9 Å². The number of halogens is 1. The Balaban J connectivity index is 1.97. The van der Waals surface area contributed by atoms with E-state index in [2.05, 4.69) is 4.40 Å². The number of hydrogen-bond donors (Lipinski definition) is 0. The predicted molar refractivity (Wildman–Crippen MR) is 111 cm³/mol. The van der Waals surface area contributed by atoms with E-state index in [0.29, 0.717) is 13.0 Å². The van der Waals surface area contributed by atoms with Crippen molar-refractivity contribution < 1.29 is 22.3 Å². The standard InChI is InChI=1S/C20H19FN2O4S2/c1-27-13-7-12-23-19(24)18(14-15-8-5-6-11-17(15)21)28-20(23)22-29(25,26)16-9-3-2-4-10-16/h2-6,8-11,14H,7,12-13H2,1H3/b18-14-,22-20?. The first-order chi connectivity index (χ1) is 13.9. The van der Waals surface area contributed by atoms with Crippen LogP contribution >= 0.6 is 11.8 Å². The van der Waals surface area contributed by atoms with Crippen molar-refractivity contribution in [2.45, 2.75) is 11.3 Å². The molecule has 0 N–H and O–H groups in total. The summed E-state index contributed by atoms with van der Waals surface area (Å²) in [6.45, 7) is 0.636. The summed E-state index contributed by atoms with van der Waals surface area (Å²) in [5, 5.41) is 0.0394. The molecule has 1 aliphatic heterocycles. The molecule has 9 heteroatoms. The monoisotopic (exact) mass is 434 g/mol. The Bertz CT molecular complexity index is 1050.